The Balaban J connectivity index is 1.27. The van der Waals surface area contributed by atoms with Crippen molar-refractivity contribution >= 4 is 56.7 Å². The first-order valence-corrected chi connectivity index (χ1v) is 12.9. The van der Waals surface area contributed by atoms with Crippen LogP contribution in [0.5, 0.6) is 5.75 Å². The maximum atomic E-state index is 12.3. The van der Waals surface area contributed by atoms with Crippen molar-refractivity contribution < 1.29 is 4.74 Å². The summed E-state index contributed by atoms with van der Waals surface area (Å²) in [7, 11) is 1.47. The molecule has 3 aromatic heterocycles. The smallest absolute Gasteiger partial charge is 0.290 e. The van der Waals surface area contributed by atoms with Gasteiger partial charge >= 0.3 is 0 Å². The fourth-order valence-electron chi connectivity index (χ4n) is 4.18. The van der Waals surface area contributed by atoms with Crippen LogP contribution in [-0.2, 0) is 0 Å². The van der Waals surface area contributed by atoms with E-state index in [4.69, 9.17) is 16.3 Å². The molecule has 0 amide bonds. The van der Waals surface area contributed by atoms with E-state index in [0.717, 1.165) is 37.5 Å². The van der Waals surface area contributed by atoms with Crippen LogP contribution in [0.3, 0.4) is 0 Å². The highest BCUT2D eigenvalue weighted by Gasteiger charge is 2.12. The molecule has 0 radical (unpaired) electrons. The Labute approximate surface area is 226 Å². The quantitative estimate of drug-likeness (QED) is 0.234. The van der Waals surface area contributed by atoms with E-state index in [9.17, 15) is 4.79 Å². The van der Waals surface area contributed by atoms with Gasteiger partial charge in [0.25, 0.3) is 5.56 Å². The van der Waals surface area contributed by atoms with Gasteiger partial charge in [-0.2, -0.15) is 0 Å². The third-order valence-electron chi connectivity index (χ3n) is 6.04. The highest BCUT2D eigenvalue weighted by atomic mass is 35.5. The summed E-state index contributed by atoms with van der Waals surface area (Å²) in [5.74, 6) is 0.907. The molecule has 0 unspecified atom stereocenters. The molecular formula is C29H20ClN5O2S. The van der Waals surface area contributed by atoms with Crippen molar-refractivity contribution in [3.8, 4) is 17.0 Å². The van der Waals surface area contributed by atoms with Gasteiger partial charge in [0.05, 0.1) is 18.1 Å². The number of halogens is 1. The lowest BCUT2D eigenvalue weighted by molar-refractivity contribution is 0.409. The third-order valence-corrected chi connectivity index (χ3v) is 7.36. The van der Waals surface area contributed by atoms with Crippen LogP contribution < -0.4 is 15.6 Å². The largest absolute Gasteiger partial charge is 0.491 e. The second-order valence-corrected chi connectivity index (χ2v) is 9.99. The van der Waals surface area contributed by atoms with Gasteiger partial charge in [0, 0.05) is 49.1 Å². The van der Waals surface area contributed by atoms with Gasteiger partial charge in [-0.05, 0) is 42.5 Å². The molecule has 6 rings (SSSR count). The summed E-state index contributed by atoms with van der Waals surface area (Å²) < 4.78 is 5.12. The molecule has 0 bridgehead atoms. The van der Waals surface area contributed by atoms with E-state index < -0.39 is 0 Å². The van der Waals surface area contributed by atoms with Crippen LogP contribution in [0.4, 0.5) is 11.5 Å². The number of nitrogens with one attached hydrogen (secondary N) is 2. The Hall–Kier alpha value is -4.40. The highest BCUT2D eigenvalue weighted by Crippen LogP contribution is 2.34. The van der Waals surface area contributed by atoms with Crippen LogP contribution in [0, 0.1) is 0 Å². The fraction of sp³-hybridized carbons (Fsp3) is 0.0345. The number of nitrogens with zero attached hydrogens (tertiary/aromatic N) is 3. The van der Waals surface area contributed by atoms with Crippen molar-refractivity contribution in [2.75, 3.05) is 12.4 Å². The lowest BCUT2D eigenvalue weighted by Crippen LogP contribution is -2.09. The molecule has 0 spiro atoms. The molecule has 3 aromatic carbocycles. The molecule has 38 heavy (non-hydrogen) atoms. The van der Waals surface area contributed by atoms with E-state index >= 15 is 0 Å². The summed E-state index contributed by atoms with van der Waals surface area (Å²) in [6.07, 6.45) is 1.72. The van der Waals surface area contributed by atoms with Crippen molar-refractivity contribution in [2.45, 2.75) is 9.79 Å². The molecular weight excluding hydrogens is 518 g/mol. The Bertz CT molecular complexity index is 1840. The lowest BCUT2D eigenvalue weighted by atomic mass is 10.0. The number of aromatic amines is 1. The van der Waals surface area contributed by atoms with Gasteiger partial charge in [-0.1, -0.05) is 59.8 Å². The van der Waals surface area contributed by atoms with Gasteiger partial charge < -0.3 is 15.0 Å². The first kappa shape index (κ1) is 24.0. The second-order valence-electron chi connectivity index (χ2n) is 8.44. The summed E-state index contributed by atoms with van der Waals surface area (Å²) >= 11 is 7.60. The Morgan fingerprint density at radius 2 is 1.68 bits per heavy atom. The third kappa shape index (κ3) is 4.67. The number of H-pyrrole nitrogens is 1. The Morgan fingerprint density at radius 1 is 0.921 bits per heavy atom. The monoisotopic (exact) mass is 537 g/mol. The number of fused-ring (bicyclic) bond motifs is 2. The van der Waals surface area contributed by atoms with Crippen LogP contribution in [0.15, 0.2) is 106 Å². The maximum absolute atomic E-state index is 12.3. The zero-order chi connectivity index (χ0) is 26.1. The molecule has 0 fully saturated rings. The zero-order valence-corrected chi connectivity index (χ0v) is 21.7. The van der Waals surface area contributed by atoms with E-state index in [0.29, 0.717) is 21.9 Å². The van der Waals surface area contributed by atoms with Crippen molar-refractivity contribution in [3.05, 3.63) is 107 Å². The summed E-state index contributed by atoms with van der Waals surface area (Å²) in [6, 6.07) is 27.2. The average molecular weight is 538 g/mol. The minimum Gasteiger partial charge on any atom is -0.491 e. The fourth-order valence-corrected chi connectivity index (χ4v) is 5.22. The Morgan fingerprint density at radius 3 is 2.45 bits per heavy atom. The van der Waals surface area contributed by atoms with Crippen molar-refractivity contribution in [2.24, 2.45) is 0 Å². The van der Waals surface area contributed by atoms with Gasteiger partial charge in [0.2, 0.25) is 0 Å². The van der Waals surface area contributed by atoms with Crippen LogP contribution in [-0.4, -0.2) is 27.3 Å². The van der Waals surface area contributed by atoms with Crippen LogP contribution in [0.25, 0.3) is 33.1 Å². The molecule has 6 aromatic rings. The number of rotatable bonds is 6. The van der Waals surface area contributed by atoms with E-state index in [1.165, 1.54) is 7.11 Å². The Kier molecular flexibility index (Phi) is 6.41. The van der Waals surface area contributed by atoms with Crippen LogP contribution >= 0.6 is 23.4 Å². The number of aromatic nitrogens is 4. The summed E-state index contributed by atoms with van der Waals surface area (Å²) in [5, 5.41) is 15.1. The van der Waals surface area contributed by atoms with E-state index in [1.54, 1.807) is 24.0 Å². The van der Waals surface area contributed by atoms with E-state index in [-0.39, 0.29) is 11.3 Å². The molecule has 2 N–H and O–H groups in total. The molecule has 0 aliphatic carbocycles. The predicted molar refractivity (Wildman–Crippen MR) is 153 cm³/mol. The molecule has 0 saturated carbocycles. The number of hydrogen-bond acceptors (Lipinski definition) is 7. The number of benzene rings is 3. The minimum absolute atomic E-state index is 0.236. The lowest BCUT2D eigenvalue weighted by Gasteiger charge is -2.12. The summed E-state index contributed by atoms with van der Waals surface area (Å²) in [6.45, 7) is 0. The van der Waals surface area contributed by atoms with Gasteiger partial charge in [-0.15, -0.1) is 10.2 Å². The molecule has 0 aliphatic rings. The SMILES string of the molecule is COc1cc2nccc(Sc3ccc(Nc4nnc(-c5ccc(Cl)cc5)c5ccccc45)cc3)c2[nH]c1=O. The minimum atomic E-state index is -0.287. The van der Waals surface area contributed by atoms with Crippen LogP contribution in [0.2, 0.25) is 5.02 Å². The zero-order valence-electron chi connectivity index (χ0n) is 20.1. The molecule has 9 heteroatoms. The number of ether oxygens (including phenoxy) is 1. The standard InChI is InChI=1S/C29H20ClN5O2S/c1-37-24-16-23-27(33-29(24)36)25(14-15-31-23)38-20-12-10-19(11-13-20)32-28-22-5-3-2-4-21(22)26(34-35-28)17-6-8-18(30)9-7-17/h2-16H,1H3,(H,32,35)(H,33,36). The van der Waals surface area contributed by atoms with Gasteiger partial charge in [0.15, 0.2) is 11.6 Å². The second kappa shape index (κ2) is 10.2. The number of pyridine rings is 2. The van der Waals surface area contributed by atoms with Crippen molar-refractivity contribution in [1.82, 2.24) is 20.2 Å². The predicted octanol–water partition coefficient (Wildman–Crippen LogP) is 7.09. The first-order chi connectivity index (χ1) is 18.6. The highest BCUT2D eigenvalue weighted by molar-refractivity contribution is 7.99. The maximum Gasteiger partial charge on any atom is 0.290 e. The molecule has 0 atom stereocenters. The van der Waals surface area contributed by atoms with Crippen molar-refractivity contribution in [1.29, 1.82) is 0 Å². The van der Waals surface area contributed by atoms with Gasteiger partial charge in [-0.3, -0.25) is 9.78 Å². The number of methoxy groups -OCH3 is 1. The topological polar surface area (TPSA) is 92.8 Å². The van der Waals surface area contributed by atoms with Gasteiger partial charge in [-0.25, -0.2) is 0 Å². The average Bonchev–Trinajstić information content (AvgIpc) is 2.95. The first-order valence-electron chi connectivity index (χ1n) is 11.7. The molecule has 0 saturated heterocycles. The number of anilines is 2. The van der Waals surface area contributed by atoms with Crippen molar-refractivity contribution in [3.63, 3.8) is 0 Å². The summed E-state index contributed by atoms with van der Waals surface area (Å²) in [5.41, 5.74) is 3.69. The molecule has 7 nitrogen and oxygen atoms in total. The van der Waals surface area contributed by atoms with Gasteiger partial charge in [0.1, 0.15) is 5.69 Å². The molecule has 3 heterocycles. The normalized spacial score (nSPS) is 11.1. The van der Waals surface area contributed by atoms with Crippen LogP contribution in [0.1, 0.15) is 0 Å². The summed E-state index contributed by atoms with van der Waals surface area (Å²) in [4.78, 5) is 21.4. The molecule has 0 aliphatic heterocycles. The number of hydrogen-bond donors (Lipinski definition) is 2. The molecule has 186 valence electrons. The van der Waals surface area contributed by atoms with E-state index in [2.05, 4.69) is 25.5 Å². The van der Waals surface area contributed by atoms with E-state index in [1.807, 2.05) is 78.9 Å².